The first-order valence-electron chi connectivity index (χ1n) is 33.0. The summed E-state index contributed by atoms with van der Waals surface area (Å²) >= 11 is 0. The van der Waals surface area contributed by atoms with E-state index in [0.717, 1.165) is 4.90 Å². The summed E-state index contributed by atoms with van der Waals surface area (Å²) in [6, 6.07) is 10.2. The van der Waals surface area contributed by atoms with Gasteiger partial charge in [0, 0.05) is 84.3 Å². The smallest absolute Gasteiger partial charge is 0.431 e. The normalized spacial score (nSPS) is 20.9. The minimum atomic E-state index is -1.91. The zero-order valence-electron chi connectivity index (χ0n) is 58.4. The fourth-order valence-corrected chi connectivity index (χ4v) is 12.0. The fourth-order valence-electron chi connectivity index (χ4n) is 12.0. The van der Waals surface area contributed by atoms with E-state index in [-0.39, 0.29) is 105 Å². The van der Waals surface area contributed by atoms with Gasteiger partial charge in [0.15, 0.2) is 5.78 Å². The third-order valence-electron chi connectivity index (χ3n) is 17.4. The van der Waals surface area contributed by atoms with Crippen LogP contribution >= 0.6 is 0 Å². The number of likely N-dealkylation sites (N-methyl/N-ethyl adjacent to an activating group) is 2. The second-order valence-electron chi connectivity index (χ2n) is 26.4. The van der Waals surface area contributed by atoms with Crippen molar-refractivity contribution in [3.8, 4) is 5.75 Å². The minimum absolute atomic E-state index is 0.0339. The highest BCUT2D eigenvalue weighted by Crippen LogP contribution is 2.34. The average Bonchev–Trinajstić information content (AvgIpc) is 1.28. The molecule has 540 valence electrons. The molecule has 7 N–H and O–H groups in total. The standard InChI is InChI=1S/C68H106N6O22/c1-16-41(6)56(52(88-14)36-54(79)74-30-20-25-49(74)61(89-15)42(7)62(84)69-43(8)57(80)44-22-18-17-19-23-44)72(12)63(85)48(39(2)3)35-50(77)55(40(4)5)73(13)67(87)91-37-45-34-46(26-28-51(45)94-65-60(83)58(81)59(82)64(95-65)92-38-75)70-53(78)29-27-47(76)24-21-31-90-32-33-93-71-66(86)96-68(9,10)11/h17-19,22-23,26,28,34,38-43,48-49,52,55-61,64-65,80-83H,16,20-21,24-25,27,29-33,35-37H2,1-15H3,(H,69,84)(H,70,78)(H,71,86)/t41-,42+,43+,48-,49-,52+,55-,56-,57+,58-,59-,60?,61+,64?,65+/m0/s1. The number of ether oxygens (including phenoxy) is 8. The van der Waals surface area contributed by atoms with E-state index < -0.39 is 133 Å². The molecule has 2 aromatic carbocycles. The molecule has 2 heterocycles. The van der Waals surface area contributed by atoms with Gasteiger partial charge in [-0.25, -0.2) is 9.59 Å². The molecule has 2 aromatic rings. The quantitative estimate of drug-likeness (QED) is 0.0187. The molecule has 2 fully saturated rings. The zero-order valence-corrected chi connectivity index (χ0v) is 58.4. The van der Waals surface area contributed by atoms with Crippen LogP contribution < -0.4 is 20.9 Å². The number of hydrogen-bond donors (Lipinski definition) is 7. The topological polar surface area (TPSA) is 363 Å². The van der Waals surface area contributed by atoms with E-state index in [1.54, 1.807) is 89.6 Å². The van der Waals surface area contributed by atoms with Crippen LogP contribution in [0.15, 0.2) is 48.5 Å². The van der Waals surface area contributed by atoms with Crippen molar-refractivity contribution in [3.05, 3.63) is 59.7 Å². The maximum atomic E-state index is 15.0. The van der Waals surface area contributed by atoms with Crippen molar-refractivity contribution >= 4 is 59.5 Å². The number of nitrogens with one attached hydrogen (secondary N) is 3. The highest BCUT2D eigenvalue weighted by atomic mass is 16.8. The van der Waals surface area contributed by atoms with Crippen molar-refractivity contribution < 1.29 is 106 Å². The van der Waals surface area contributed by atoms with Gasteiger partial charge in [-0.3, -0.25) is 43.1 Å². The van der Waals surface area contributed by atoms with Crippen LogP contribution in [-0.4, -0.2) is 217 Å². The number of Topliss-reactive ketones (excluding diaryl/α,β-unsaturated/α-hetero) is 2. The Kier molecular flexibility index (Phi) is 33.5. The van der Waals surface area contributed by atoms with E-state index in [2.05, 4.69) is 16.1 Å². The summed E-state index contributed by atoms with van der Waals surface area (Å²) in [5, 5.41) is 48.5. The van der Waals surface area contributed by atoms with Gasteiger partial charge < -0.3 is 78.9 Å². The van der Waals surface area contributed by atoms with Crippen LogP contribution in [-0.2, 0) is 78.2 Å². The second kappa shape index (κ2) is 39.5. The summed E-state index contributed by atoms with van der Waals surface area (Å²) in [5.41, 5.74) is 2.31. The summed E-state index contributed by atoms with van der Waals surface area (Å²) in [4.78, 5) is 130. The first kappa shape index (κ1) is 81.5. The molecule has 2 aliphatic rings. The highest BCUT2D eigenvalue weighted by molar-refractivity contribution is 5.94. The number of aliphatic hydroxyl groups excluding tert-OH is 4. The SMILES string of the molecule is CC[C@H](C)[C@@H]([C@@H](CC(=O)N1CCC[C@H]1[C@H](OC)[C@@H](C)C(=O)N[C@H](C)[C@@H](O)c1ccccc1)OC)N(C)C(=O)[C@@H](CC(=O)[C@H](C(C)C)N(C)C(=O)OCc1cc(NC(=O)CCC(=O)CCCOCCONC(=O)OC(C)(C)C)ccc1O[C@@H]1OC(OC=O)[C@@H](O)[C@H](O)C1O)C(C)C. The maximum Gasteiger partial charge on any atom is 0.431 e. The monoisotopic (exact) mass is 1360 g/mol. The molecule has 4 rings (SSSR count). The lowest BCUT2D eigenvalue weighted by Gasteiger charge is -2.41. The van der Waals surface area contributed by atoms with Gasteiger partial charge in [-0.1, -0.05) is 85.2 Å². The fraction of sp³-hybridized carbons (Fsp3) is 0.691. The number of hydroxylamine groups is 1. The highest BCUT2D eigenvalue weighted by Gasteiger charge is 2.48. The van der Waals surface area contributed by atoms with Gasteiger partial charge >= 0.3 is 12.2 Å². The number of amides is 6. The van der Waals surface area contributed by atoms with Gasteiger partial charge in [0.05, 0.1) is 68.0 Å². The molecule has 28 heteroatoms. The second-order valence-corrected chi connectivity index (χ2v) is 26.4. The molecule has 15 atom stereocenters. The minimum Gasteiger partial charge on any atom is -0.461 e. The van der Waals surface area contributed by atoms with Gasteiger partial charge in [0.25, 0.3) is 6.47 Å². The number of ketones is 2. The number of carbonyl (C=O) groups is 9. The van der Waals surface area contributed by atoms with Crippen molar-refractivity contribution in [1.29, 1.82) is 0 Å². The molecule has 2 aliphatic heterocycles. The lowest BCUT2D eigenvalue weighted by Crippen LogP contribution is -2.59. The summed E-state index contributed by atoms with van der Waals surface area (Å²) < 4.78 is 44.6. The summed E-state index contributed by atoms with van der Waals surface area (Å²) in [6.07, 6.45) is -11.8. The van der Waals surface area contributed by atoms with E-state index in [0.29, 0.717) is 37.8 Å². The Balaban J connectivity index is 1.46. The van der Waals surface area contributed by atoms with E-state index in [4.69, 9.17) is 42.7 Å². The van der Waals surface area contributed by atoms with Crippen molar-refractivity contribution in [3.63, 3.8) is 0 Å². The van der Waals surface area contributed by atoms with E-state index in [1.807, 2.05) is 33.8 Å². The Morgan fingerprint density at radius 1 is 0.812 bits per heavy atom. The summed E-state index contributed by atoms with van der Waals surface area (Å²) in [7, 11) is 5.99. The number of benzene rings is 2. The van der Waals surface area contributed by atoms with Crippen LogP contribution in [0.25, 0.3) is 0 Å². The van der Waals surface area contributed by atoms with Gasteiger partial charge in [-0.2, -0.15) is 5.48 Å². The lowest BCUT2D eigenvalue weighted by atomic mass is 9.83. The number of rotatable bonds is 39. The molecule has 2 saturated heterocycles. The first-order valence-corrected chi connectivity index (χ1v) is 33.0. The number of methoxy groups -OCH3 is 2. The van der Waals surface area contributed by atoms with Crippen LogP contribution in [0.1, 0.15) is 151 Å². The number of likely N-dealkylation sites (tertiary alicyclic amines) is 1. The Labute approximate surface area is 563 Å². The van der Waals surface area contributed by atoms with Gasteiger partial charge in [0.2, 0.25) is 36.2 Å². The number of aliphatic hydroxyl groups is 4. The number of anilines is 1. The molecule has 6 amide bonds. The Bertz CT molecular complexity index is 2820. The number of nitrogens with zero attached hydrogens (tertiary/aromatic N) is 3. The molecule has 0 saturated carbocycles. The van der Waals surface area contributed by atoms with Crippen LogP contribution in [0.3, 0.4) is 0 Å². The average molecular weight is 1360 g/mol. The number of hydrogen-bond acceptors (Lipinski definition) is 22. The predicted molar refractivity (Wildman–Crippen MR) is 349 cm³/mol. The molecular weight excluding hydrogens is 1250 g/mol. The lowest BCUT2D eigenvalue weighted by molar-refractivity contribution is -0.321. The van der Waals surface area contributed by atoms with Crippen molar-refractivity contribution in [2.24, 2.45) is 29.6 Å². The number of carbonyl (C=O) groups excluding carboxylic acids is 9. The van der Waals surface area contributed by atoms with Gasteiger partial charge in [-0.15, -0.1) is 0 Å². The molecule has 0 bridgehead atoms. The van der Waals surface area contributed by atoms with Crippen molar-refractivity contribution in [1.82, 2.24) is 25.5 Å². The van der Waals surface area contributed by atoms with Gasteiger partial charge in [-0.05, 0) is 88.5 Å². The largest absolute Gasteiger partial charge is 0.461 e. The predicted octanol–water partition coefficient (Wildman–Crippen LogP) is 5.53. The molecular formula is C68H106N6O22. The third kappa shape index (κ3) is 24.3. The third-order valence-corrected chi connectivity index (χ3v) is 17.4. The van der Waals surface area contributed by atoms with Crippen LogP contribution in [0.2, 0.25) is 0 Å². The molecule has 96 heavy (non-hydrogen) atoms. The van der Waals surface area contributed by atoms with Crippen LogP contribution in [0, 0.1) is 29.6 Å². The first-order chi connectivity index (χ1) is 45.3. The molecule has 2 unspecified atom stereocenters. The van der Waals surface area contributed by atoms with Crippen molar-refractivity contribution in [2.75, 3.05) is 60.0 Å². The molecule has 0 aliphatic carbocycles. The Hall–Kier alpha value is -6.89. The van der Waals surface area contributed by atoms with Crippen LogP contribution in [0.5, 0.6) is 5.75 Å². The van der Waals surface area contributed by atoms with E-state index in [1.165, 1.54) is 39.5 Å². The van der Waals surface area contributed by atoms with E-state index >= 15 is 0 Å². The zero-order chi connectivity index (χ0) is 71.7. The molecule has 0 aromatic heterocycles. The Morgan fingerprint density at radius 3 is 2.10 bits per heavy atom. The summed E-state index contributed by atoms with van der Waals surface area (Å²) in [5.74, 6) is -5.03. The molecule has 28 nitrogen and oxygen atoms in total. The summed E-state index contributed by atoms with van der Waals surface area (Å²) in [6.45, 7) is 19.7. The maximum absolute atomic E-state index is 15.0. The Morgan fingerprint density at radius 2 is 1.49 bits per heavy atom. The van der Waals surface area contributed by atoms with Gasteiger partial charge in [0.1, 0.15) is 42.1 Å². The van der Waals surface area contributed by atoms with Crippen LogP contribution in [0.4, 0.5) is 15.3 Å². The molecule has 0 radical (unpaired) electrons. The van der Waals surface area contributed by atoms with Crippen molar-refractivity contribution in [2.45, 2.75) is 220 Å². The van der Waals surface area contributed by atoms with E-state index in [9.17, 15) is 63.6 Å². The molecule has 0 spiro atoms.